The first kappa shape index (κ1) is 21.3. The number of aromatic nitrogens is 4. The number of benzene rings is 1. The summed E-state index contributed by atoms with van der Waals surface area (Å²) in [6.07, 6.45) is 12.6. The Morgan fingerprint density at radius 3 is 2.91 bits per heavy atom. The van der Waals surface area contributed by atoms with Crippen molar-refractivity contribution in [3.8, 4) is 11.4 Å². The van der Waals surface area contributed by atoms with E-state index in [0.29, 0.717) is 35.4 Å². The summed E-state index contributed by atoms with van der Waals surface area (Å²) in [5.41, 5.74) is 2.71. The van der Waals surface area contributed by atoms with Gasteiger partial charge >= 0.3 is 0 Å². The third-order valence-corrected chi connectivity index (χ3v) is 4.89. The van der Waals surface area contributed by atoms with E-state index in [9.17, 15) is 4.39 Å². The second kappa shape index (κ2) is 9.05. The average Bonchev–Trinajstić information content (AvgIpc) is 3.19. The van der Waals surface area contributed by atoms with Crippen molar-refractivity contribution in [3.05, 3.63) is 85.0 Å². The SMILES string of the molecule is C=C/C=C(\C=C/C)N1CC(C)Oc2cnc(Nc3ccc(-n4cnc(C)c4)c(F)c3)nc21.[HH]. The topological polar surface area (TPSA) is 68.1 Å². The van der Waals surface area contributed by atoms with E-state index in [1.54, 1.807) is 41.5 Å². The molecule has 1 aliphatic heterocycles. The summed E-state index contributed by atoms with van der Waals surface area (Å²) < 4.78 is 22.3. The number of nitrogens with zero attached hydrogens (tertiary/aromatic N) is 5. The average molecular weight is 435 g/mol. The van der Waals surface area contributed by atoms with Gasteiger partial charge in [-0.2, -0.15) is 4.98 Å². The molecule has 2 aromatic heterocycles. The number of allylic oxidation sites excluding steroid dienone is 4. The number of nitrogens with one attached hydrogen (secondary N) is 1. The molecule has 32 heavy (non-hydrogen) atoms. The van der Waals surface area contributed by atoms with Gasteiger partial charge in [0.2, 0.25) is 5.95 Å². The Labute approximate surface area is 188 Å². The fraction of sp³-hybridized carbons (Fsp3) is 0.208. The van der Waals surface area contributed by atoms with Crippen molar-refractivity contribution in [2.75, 3.05) is 16.8 Å². The van der Waals surface area contributed by atoms with Gasteiger partial charge in [-0.25, -0.2) is 14.4 Å². The van der Waals surface area contributed by atoms with Gasteiger partial charge < -0.3 is 19.5 Å². The van der Waals surface area contributed by atoms with E-state index >= 15 is 0 Å². The van der Waals surface area contributed by atoms with Crippen molar-refractivity contribution in [1.82, 2.24) is 19.5 Å². The van der Waals surface area contributed by atoms with E-state index in [2.05, 4.69) is 31.7 Å². The van der Waals surface area contributed by atoms with Gasteiger partial charge in [-0.15, -0.1) is 0 Å². The van der Waals surface area contributed by atoms with E-state index in [1.165, 1.54) is 6.07 Å². The van der Waals surface area contributed by atoms with E-state index in [1.807, 2.05) is 39.0 Å². The highest BCUT2D eigenvalue weighted by Crippen LogP contribution is 2.35. The summed E-state index contributed by atoms with van der Waals surface area (Å²) in [6, 6.07) is 4.87. The smallest absolute Gasteiger partial charge is 0.229 e. The molecule has 1 N–H and O–H groups in total. The Hall–Kier alpha value is -3.94. The monoisotopic (exact) mass is 434 g/mol. The van der Waals surface area contributed by atoms with Crippen LogP contribution in [-0.4, -0.2) is 32.2 Å². The highest BCUT2D eigenvalue weighted by molar-refractivity contribution is 5.64. The van der Waals surface area contributed by atoms with Crippen molar-refractivity contribution in [3.63, 3.8) is 0 Å². The quantitative estimate of drug-likeness (QED) is 0.529. The van der Waals surface area contributed by atoms with E-state index < -0.39 is 0 Å². The molecule has 0 radical (unpaired) electrons. The van der Waals surface area contributed by atoms with Crippen molar-refractivity contribution < 1.29 is 10.6 Å². The lowest BCUT2D eigenvalue weighted by Gasteiger charge is -2.34. The number of rotatable bonds is 6. The Morgan fingerprint density at radius 2 is 2.22 bits per heavy atom. The van der Waals surface area contributed by atoms with Gasteiger partial charge in [0, 0.05) is 19.0 Å². The Morgan fingerprint density at radius 1 is 1.38 bits per heavy atom. The van der Waals surface area contributed by atoms with Crippen LogP contribution >= 0.6 is 0 Å². The van der Waals surface area contributed by atoms with Crippen LogP contribution in [0.4, 0.5) is 21.8 Å². The van der Waals surface area contributed by atoms with Gasteiger partial charge in [-0.05, 0) is 51.1 Å². The Balaban J connectivity index is 0.00000306. The van der Waals surface area contributed by atoms with Gasteiger partial charge in [0.15, 0.2) is 11.6 Å². The van der Waals surface area contributed by atoms with Gasteiger partial charge in [-0.1, -0.05) is 18.7 Å². The second-order valence-electron chi connectivity index (χ2n) is 7.46. The molecule has 8 heteroatoms. The number of aryl methyl sites for hydroxylation is 1. The lowest BCUT2D eigenvalue weighted by Crippen LogP contribution is -2.38. The summed E-state index contributed by atoms with van der Waals surface area (Å²) in [6.45, 7) is 10.2. The molecule has 1 unspecified atom stereocenters. The molecular formula is C24H27FN6O. The summed E-state index contributed by atoms with van der Waals surface area (Å²) in [4.78, 5) is 15.2. The lowest BCUT2D eigenvalue weighted by molar-refractivity contribution is 0.214. The maximum absolute atomic E-state index is 14.7. The molecule has 0 bridgehead atoms. The van der Waals surface area contributed by atoms with Crippen LogP contribution in [0.1, 0.15) is 21.0 Å². The molecule has 0 amide bonds. The van der Waals surface area contributed by atoms with Crippen LogP contribution < -0.4 is 15.0 Å². The van der Waals surface area contributed by atoms with Gasteiger partial charge in [0.25, 0.3) is 0 Å². The summed E-state index contributed by atoms with van der Waals surface area (Å²) in [5, 5.41) is 3.09. The highest BCUT2D eigenvalue weighted by atomic mass is 19.1. The largest absolute Gasteiger partial charge is 0.483 e. The molecule has 3 aromatic rings. The van der Waals surface area contributed by atoms with Gasteiger partial charge in [0.05, 0.1) is 30.5 Å². The van der Waals surface area contributed by atoms with Crippen molar-refractivity contribution >= 4 is 17.5 Å². The molecule has 0 saturated heterocycles. The zero-order chi connectivity index (χ0) is 22.7. The molecule has 0 aliphatic carbocycles. The first-order valence-corrected chi connectivity index (χ1v) is 10.3. The maximum atomic E-state index is 14.7. The molecule has 0 saturated carbocycles. The van der Waals surface area contributed by atoms with Crippen LogP contribution in [0.3, 0.4) is 0 Å². The number of imidazole rings is 1. The zero-order valence-electron chi connectivity index (χ0n) is 18.3. The molecule has 3 heterocycles. The number of hydrogen-bond donors (Lipinski definition) is 1. The third kappa shape index (κ3) is 4.39. The standard InChI is InChI=1S/C24H25FN6O.H2/c1-5-7-19(8-6-2)31-14-17(4)32-22-12-26-24(29-23(22)31)28-18-9-10-21(20(25)11-18)30-13-16(3)27-15-30;/h5-13,15,17H,1,14H2,2-4H3,(H,26,28,29);1H/b8-6-,19-7+;. The van der Waals surface area contributed by atoms with Crippen molar-refractivity contribution in [2.45, 2.75) is 26.9 Å². The normalized spacial score (nSPS) is 16.1. The molecule has 4 rings (SSSR count). The summed E-state index contributed by atoms with van der Waals surface area (Å²) >= 11 is 0. The molecule has 1 aliphatic rings. The summed E-state index contributed by atoms with van der Waals surface area (Å²) in [5.74, 6) is 1.19. The van der Waals surface area contributed by atoms with E-state index in [0.717, 1.165) is 11.4 Å². The molecule has 7 nitrogen and oxygen atoms in total. The zero-order valence-corrected chi connectivity index (χ0v) is 18.3. The van der Waals surface area contributed by atoms with E-state index in [4.69, 9.17) is 4.74 Å². The molecule has 0 fully saturated rings. The van der Waals surface area contributed by atoms with Crippen LogP contribution in [0.2, 0.25) is 0 Å². The number of hydrogen-bond acceptors (Lipinski definition) is 6. The van der Waals surface area contributed by atoms with Gasteiger partial charge in [-0.3, -0.25) is 0 Å². The fourth-order valence-electron chi connectivity index (χ4n) is 3.53. The number of anilines is 3. The second-order valence-corrected chi connectivity index (χ2v) is 7.46. The number of ether oxygens (including phenoxy) is 1. The lowest BCUT2D eigenvalue weighted by atomic mass is 10.2. The predicted octanol–water partition coefficient (Wildman–Crippen LogP) is 5.33. The van der Waals surface area contributed by atoms with Crippen LogP contribution in [-0.2, 0) is 0 Å². The summed E-state index contributed by atoms with van der Waals surface area (Å²) in [7, 11) is 0. The highest BCUT2D eigenvalue weighted by Gasteiger charge is 2.27. The first-order chi connectivity index (χ1) is 15.5. The maximum Gasteiger partial charge on any atom is 0.229 e. The fourth-order valence-corrected chi connectivity index (χ4v) is 3.53. The van der Waals surface area contributed by atoms with Crippen LogP contribution in [0, 0.1) is 12.7 Å². The molecule has 1 atom stereocenters. The third-order valence-electron chi connectivity index (χ3n) is 4.89. The van der Waals surface area contributed by atoms with Crippen molar-refractivity contribution in [2.24, 2.45) is 0 Å². The van der Waals surface area contributed by atoms with Crippen LogP contribution in [0.15, 0.2) is 73.5 Å². The first-order valence-electron chi connectivity index (χ1n) is 10.3. The minimum absolute atomic E-state index is 0. The molecule has 1 aromatic carbocycles. The van der Waals surface area contributed by atoms with Gasteiger partial charge in [0.1, 0.15) is 11.9 Å². The number of fused-ring (bicyclic) bond motifs is 1. The predicted molar refractivity (Wildman–Crippen MR) is 126 cm³/mol. The minimum Gasteiger partial charge on any atom is -0.483 e. The number of halogens is 1. The van der Waals surface area contributed by atoms with Crippen molar-refractivity contribution in [1.29, 1.82) is 0 Å². The van der Waals surface area contributed by atoms with Crippen LogP contribution in [0.25, 0.3) is 5.69 Å². The Kier molecular flexibility index (Phi) is 6.02. The molecule has 0 spiro atoms. The van der Waals surface area contributed by atoms with Crippen LogP contribution in [0.5, 0.6) is 5.75 Å². The minimum atomic E-state index is -0.381. The Bertz CT molecular complexity index is 1210. The molecule has 166 valence electrons. The molecular weight excluding hydrogens is 407 g/mol. The van der Waals surface area contributed by atoms with E-state index in [-0.39, 0.29) is 13.3 Å².